The lowest BCUT2D eigenvalue weighted by Crippen LogP contribution is -2.36. The molecule has 1 aliphatic rings. The minimum Gasteiger partial charge on any atom is -0.394 e. The first-order chi connectivity index (χ1) is 12.0. The monoisotopic (exact) mass is 439 g/mol. The summed E-state index contributed by atoms with van der Waals surface area (Å²) in [6.07, 6.45) is -3.27. The molecule has 11 N–H and O–H groups in total. The van der Waals surface area contributed by atoms with Crippen LogP contribution in [-0.2, 0) is 13.9 Å². The Bertz CT molecular complexity index is 708. The normalized spacial score (nSPS) is 25.1. The van der Waals surface area contributed by atoms with E-state index in [0.29, 0.717) is 0 Å². The van der Waals surface area contributed by atoms with Gasteiger partial charge in [0.2, 0.25) is 0 Å². The lowest BCUT2D eigenvalue weighted by atomic mass is 10.1. The molecular formula is C9H19N3O13P2. The summed E-state index contributed by atoms with van der Waals surface area (Å²) in [5, 5.41) is 28.2. The van der Waals surface area contributed by atoms with Crippen molar-refractivity contribution in [3.63, 3.8) is 0 Å². The van der Waals surface area contributed by atoms with Crippen LogP contribution >= 0.6 is 15.6 Å². The average molecular weight is 439 g/mol. The molecule has 0 spiro atoms. The van der Waals surface area contributed by atoms with Crippen LogP contribution in [0.3, 0.4) is 0 Å². The van der Waals surface area contributed by atoms with Gasteiger partial charge in [0.05, 0.1) is 6.61 Å². The molecule has 0 amide bonds. The molecule has 1 aromatic rings. The summed E-state index contributed by atoms with van der Waals surface area (Å²) in [7, 11) is -9.28. The third kappa shape index (κ3) is 11.2. The first-order valence-corrected chi connectivity index (χ1v) is 9.71. The average Bonchev–Trinajstić information content (AvgIpc) is 2.72. The molecule has 27 heavy (non-hydrogen) atoms. The zero-order valence-corrected chi connectivity index (χ0v) is 15.0. The summed E-state index contributed by atoms with van der Waals surface area (Å²) < 4.78 is 24.0. The van der Waals surface area contributed by atoms with Gasteiger partial charge in [-0.2, -0.15) is 4.98 Å². The summed E-state index contributed by atoms with van der Waals surface area (Å²) in [5.74, 6) is 0.0537. The number of hydrogen-bond donors (Lipinski definition) is 10. The highest BCUT2D eigenvalue weighted by Crippen LogP contribution is 2.28. The van der Waals surface area contributed by atoms with Crippen molar-refractivity contribution >= 4 is 21.5 Å². The molecule has 0 aromatic carbocycles. The zero-order valence-electron chi connectivity index (χ0n) is 13.2. The molecule has 2 rings (SSSR count). The molecular weight excluding hydrogens is 420 g/mol. The lowest BCUT2D eigenvalue weighted by molar-refractivity contribution is -0.0549. The van der Waals surface area contributed by atoms with Crippen LogP contribution in [0.2, 0.25) is 0 Å². The molecule has 0 aliphatic carbocycles. The summed E-state index contributed by atoms with van der Waals surface area (Å²) in [6.45, 7) is -0.453. The van der Waals surface area contributed by atoms with Gasteiger partial charge in [0.15, 0.2) is 6.23 Å². The van der Waals surface area contributed by atoms with E-state index >= 15 is 0 Å². The summed E-state index contributed by atoms with van der Waals surface area (Å²) in [5.41, 5.74) is 4.63. The van der Waals surface area contributed by atoms with Gasteiger partial charge in [-0.3, -0.25) is 4.57 Å². The molecule has 158 valence electrons. The number of aliphatic hydroxyl groups is 3. The van der Waals surface area contributed by atoms with Crippen molar-refractivity contribution < 1.29 is 58.5 Å². The first kappa shape index (κ1) is 25.7. The molecule has 4 atom stereocenters. The highest BCUT2D eigenvalue weighted by Gasteiger charge is 2.43. The fraction of sp³-hybridized carbons (Fsp3) is 0.556. The Balaban J connectivity index is 0.000000563. The van der Waals surface area contributed by atoms with Crippen molar-refractivity contribution in [2.45, 2.75) is 24.5 Å². The Morgan fingerprint density at radius 1 is 1.07 bits per heavy atom. The molecule has 1 fully saturated rings. The molecule has 0 bridgehead atoms. The van der Waals surface area contributed by atoms with Crippen LogP contribution in [0.25, 0.3) is 0 Å². The molecule has 0 unspecified atom stereocenters. The second kappa shape index (κ2) is 10.3. The van der Waals surface area contributed by atoms with E-state index < -0.39 is 52.5 Å². The van der Waals surface area contributed by atoms with E-state index in [2.05, 4.69) is 4.98 Å². The van der Waals surface area contributed by atoms with Crippen LogP contribution in [0, 0.1) is 0 Å². The smallest absolute Gasteiger partial charge is 0.394 e. The van der Waals surface area contributed by atoms with Crippen molar-refractivity contribution in [1.29, 1.82) is 0 Å². The first-order valence-electron chi connectivity index (χ1n) is 6.58. The fourth-order valence-corrected chi connectivity index (χ4v) is 1.73. The highest BCUT2D eigenvalue weighted by atomic mass is 31.2. The quantitative estimate of drug-likeness (QED) is 0.195. The number of aromatic nitrogens is 2. The second-order valence-corrected chi connectivity index (χ2v) is 6.85. The predicted molar refractivity (Wildman–Crippen MR) is 84.4 cm³/mol. The van der Waals surface area contributed by atoms with Crippen LogP contribution in [0.15, 0.2) is 17.1 Å². The number of hydrogen-bond acceptors (Lipinski definition) is 9. The molecule has 1 aliphatic heterocycles. The molecule has 1 aromatic heterocycles. The Hall–Kier alpha value is -1.26. The maximum atomic E-state index is 11.5. The number of phosphoric acid groups is 2. The second-order valence-electron chi connectivity index (χ2n) is 4.80. The maximum absolute atomic E-state index is 11.5. The Kier molecular flexibility index (Phi) is 9.85. The Labute approximate surface area is 150 Å². The predicted octanol–water partition coefficient (Wildman–Crippen LogP) is -4.42. The van der Waals surface area contributed by atoms with E-state index in [4.69, 9.17) is 54.1 Å². The third-order valence-electron chi connectivity index (χ3n) is 2.64. The highest BCUT2D eigenvalue weighted by molar-refractivity contribution is 7.45. The number of nitrogen functional groups attached to an aromatic ring is 1. The largest absolute Gasteiger partial charge is 0.466 e. The fourth-order valence-electron chi connectivity index (χ4n) is 1.73. The van der Waals surface area contributed by atoms with Gasteiger partial charge in [0, 0.05) is 6.20 Å². The standard InChI is InChI=1S/C9H13N3O5.2H3O4P/c10-5-1-2-12(9(16)11-5)8-7(15)6(14)4(3-13)17-8;2*1-5(2,3)4/h1-2,4,6-8,13-15H,3H2,(H2,10,11,16);2*(H3,1,2,3,4)/t4-,6-,7+,8-;;/m1../s1. The van der Waals surface area contributed by atoms with Crippen molar-refractivity contribution in [3.05, 3.63) is 22.7 Å². The lowest BCUT2D eigenvalue weighted by Gasteiger charge is -2.16. The summed E-state index contributed by atoms with van der Waals surface area (Å²) >= 11 is 0. The molecule has 0 saturated carbocycles. The number of rotatable bonds is 2. The topological polar surface area (TPSA) is 286 Å². The van der Waals surface area contributed by atoms with E-state index in [0.717, 1.165) is 4.57 Å². The molecule has 2 heterocycles. The third-order valence-corrected chi connectivity index (χ3v) is 2.64. The van der Waals surface area contributed by atoms with Gasteiger partial charge < -0.3 is 55.2 Å². The minimum atomic E-state index is -4.64. The molecule has 16 nitrogen and oxygen atoms in total. The molecule has 18 heteroatoms. The van der Waals surface area contributed by atoms with Gasteiger partial charge in [-0.15, -0.1) is 0 Å². The van der Waals surface area contributed by atoms with Crippen molar-refractivity contribution in [2.24, 2.45) is 0 Å². The van der Waals surface area contributed by atoms with Crippen LogP contribution in [0.5, 0.6) is 0 Å². The van der Waals surface area contributed by atoms with Crippen molar-refractivity contribution in [1.82, 2.24) is 9.55 Å². The van der Waals surface area contributed by atoms with Crippen LogP contribution < -0.4 is 11.4 Å². The van der Waals surface area contributed by atoms with Crippen LogP contribution in [-0.4, -0.2) is 79.1 Å². The number of ether oxygens (including phenoxy) is 1. The number of anilines is 1. The van der Waals surface area contributed by atoms with E-state index in [9.17, 15) is 15.0 Å². The maximum Gasteiger partial charge on any atom is 0.466 e. The van der Waals surface area contributed by atoms with Crippen LogP contribution in [0.4, 0.5) is 5.82 Å². The molecule has 0 radical (unpaired) electrons. The number of nitrogens with zero attached hydrogens (tertiary/aromatic N) is 2. The Morgan fingerprint density at radius 2 is 1.52 bits per heavy atom. The van der Waals surface area contributed by atoms with Crippen molar-refractivity contribution in [2.75, 3.05) is 12.3 Å². The van der Waals surface area contributed by atoms with Gasteiger partial charge in [0.25, 0.3) is 0 Å². The van der Waals surface area contributed by atoms with E-state index in [1.165, 1.54) is 12.3 Å². The SMILES string of the molecule is Nc1ccn([C@@H]2O[C@H](CO)[C@@H](O)[C@@H]2O)c(=O)n1.O=P(O)(O)O.O=P(O)(O)O. The van der Waals surface area contributed by atoms with E-state index in [-0.39, 0.29) is 5.82 Å². The van der Waals surface area contributed by atoms with E-state index in [1.807, 2.05) is 0 Å². The van der Waals surface area contributed by atoms with Crippen LogP contribution in [0.1, 0.15) is 6.23 Å². The molecule has 1 saturated heterocycles. The van der Waals surface area contributed by atoms with Gasteiger partial charge in [0.1, 0.15) is 24.1 Å². The van der Waals surface area contributed by atoms with Gasteiger partial charge in [-0.25, -0.2) is 13.9 Å². The number of aliphatic hydroxyl groups excluding tert-OH is 3. The van der Waals surface area contributed by atoms with Gasteiger partial charge >= 0.3 is 21.3 Å². The Morgan fingerprint density at radius 3 is 1.85 bits per heavy atom. The summed E-state index contributed by atoms with van der Waals surface area (Å²) in [6, 6.07) is 1.37. The zero-order chi connectivity index (χ0) is 21.6. The minimum absolute atomic E-state index is 0.0537. The summed E-state index contributed by atoms with van der Waals surface area (Å²) in [4.78, 5) is 58.1. The van der Waals surface area contributed by atoms with Gasteiger partial charge in [-0.1, -0.05) is 0 Å². The number of nitrogens with two attached hydrogens (primary N) is 1. The van der Waals surface area contributed by atoms with E-state index in [1.54, 1.807) is 0 Å². The van der Waals surface area contributed by atoms with Crippen molar-refractivity contribution in [3.8, 4) is 0 Å². The van der Waals surface area contributed by atoms with Gasteiger partial charge in [-0.05, 0) is 6.07 Å².